The van der Waals surface area contributed by atoms with E-state index in [-0.39, 0.29) is 11.5 Å². The van der Waals surface area contributed by atoms with E-state index >= 15 is 0 Å². The fraction of sp³-hybridized carbons (Fsp3) is 0.208. The van der Waals surface area contributed by atoms with Crippen LogP contribution < -0.4 is 19.9 Å². The standard InChI is InChI=1S/C24H22N4O4S/c1-5-12-33-24-25-22(31)21-17-8-6-7-9-19(17)27(15(3)29)23(28(21)26-24)18-13-14(2)10-11-20(18)32-16(4)30/h5-11,13,23H,1,12H2,2-4H3/p+1. The second-order valence-corrected chi connectivity index (χ2v) is 8.58. The van der Waals surface area contributed by atoms with Crippen LogP contribution in [-0.4, -0.2) is 27.7 Å². The molecule has 0 spiro atoms. The van der Waals surface area contributed by atoms with Crippen LogP contribution in [0.2, 0.25) is 0 Å². The number of aromatic amines is 1. The number of thioether (sulfide) groups is 1. The first-order valence-corrected chi connectivity index (χ1v) is 11.3. The predicted molar refractivity (Wildman–Crippen MR) is 125 cm³/mol. The third kappa shape index (κ3) is 4.19. The molecule has 0 radical (unpaired) electrons. The van der Waals surface area contributed by atoms with Crippen molar-refractivity contribution in [1.82, 2.24) is 10.1 Å². The third-order valence-corrected chi connectivity index (χ3v) is 5.99. The van der Waals surface area contributed by atoms with Gasteiger partial charge in [-0.3, -0.25) is 19.4 Å². The number of nitrogens with zero attached hydrogens (tertiary/aromatic N) is 3. The Morgan fingerprint density at radius 1 is 1.27 bits per heavy atom. The van der Waals surface area contributed by atoms with E-state index in [1.165, 1.54) is 30.3 Å². The quantitative estimate of drug-likeness (QED) is 0.205. The molecule has 4 rings (SSSR count). The number of carbonyl (C=O) groups excluding carboxylic acids is 2. The summed E-state index contributed by atoms with van der Waals surface area (Å²) in [4.78, 5) is 42.5. The van der Waals surface area contributed by atoms with E-state index in [2.05, 4.69) is 11.6 Å². The molecule has 3 aromatic rings. The van der Waals surface area contributed by atoms with Crippen LogP contribution in [0.4, 0.5) is 5.69 Å². The maximum Gasteiger partial charge on any atom is 0.325 e. The minimum Gasteiger partial charge on any atom is -0.426 e. The number of esters is 1. The Hall–Kier alpha value is -3.72. The molecule has 1 unspecified atom stereocenters. The SMILES string of the molecule is C=CCSc1n[n+]2c(c(=O)[nH]1)-c1ccccc1N(C(C)=O)C2c1cc(C)ccc1OC(C)=O. The number of para-hydroxylation sites is 1. The molecule has 0 saturated heterocycles. The van der Waals surface area contributed by atoms with Crippen LogP contribution in [0.3, 0.4) is 0 Å². The van der Waals surface area contributed by atoms with E-state index in [0.717, 1.165) is 5.56 Å². The summed E-state index contributed by atoms with van der Waals surface area (Å²) >= 11 is 1.32. The van der Waals surface area contributed by atoms with E-state index in [1.54, 1.807) is 41.3 Å². The molecule has 1 N–H and O–H groups in total. The molecule has 0 aliphatic carbocycles. The van der Waals surface area contributed by atoms with Crippen molar-refractivity contribution < 1.29 is 19.0 Å². The van der Waals surface area contributed by atoms with Gasteiger partial charge in [-0.1, -0.05) is 41.6 Å². The number of H-pyrrole nitrogens is 1. The van der Waals surface area contributed by atoms with Crippen molar-refractivity contribution in [2.24, 2.45) is 0 Å². The summed E-state index contributed by atoms with van der Waals surface area (Å²) in [6.07, 6.45) is 0.870. The zero-order valence-electron chi connectivity index (χ0n) is 18.5. The zero-order chi connectivity index (χ0) is 23.7. The number of carbonyl (C=O) groups is 2. The van der Waals surface area contributed by atoms with Gasteiger partial charge in [0.2, 0.25) is 11.1 Å². The van der Waals surface area contributed by atoms with Gasteiger partial charge in [-0.05, 0) is 35.9 Å². The average molecular weight is 464 g/mol. The van der Waals surface area contributed by atoms with Gasteiger partial charge in [0, 0.05) is 24.7 Å². The number of hydrogen-bond donors (Lipinski definition) is 1. The van der Waals surface area contributed by atoms with E-state index in [1.807, 2.05) is 19.1 Å². The molecule has 2 heterocycles. The summed E-state index contributed by atoms with van der Waals surface area (Å²) in [6.45, 7) is 8.39. The number of rotatable bonds is 5. The first-order chi connectivity index (χ1) is 15.8. The lowest BCUT2D eigenvalue weighted by Crippen LogP contribution is -2.60. The summed E-state index contributed by atoms with van der Waals surface area (Å²) in [5, 5.41) is 5.08. The van der Waals surface area contributed by atoms with Gasteiger partial charge in [0.15, 0.2) is 0 Å². The Bertz CT molecular complexity index is 1330. The lowest BCUT2D eigenvalue weighted by molar-refractivity contribution is -0.763. The monoisotopic (exact) mass is 463 g/mol. The molecule has 9 heteroatoms. The summed E-state index contributed by atoms with van der Waals surface area (Å²) in [6, 6.07) is 12.5. The Balaban J connectivity index is 2.07. The van der Waals surface area contributed by atoms with E-state index in [4.69, 9.17) is 9.84 Å². The number of aromatic nitrogens is 3. The molecular formula is C24H23N4O4S+. The second kappa shape index (κ2) is 9.03. The maximum absolute atomic E-state index is 13.2. The van der Waals surface area contributed by atoms with Crippen LogP contribution in [0.5, 0.6) is 5.75 Å². The largest absolute Gasteiger partial charge is 0.426 e. The number of ether oxygens (including phenoxy) is 1. The highest BCUT2D eigenvalue weighted by Crippen LogP contribution is 2.39. The van der Waals surface area contributed by atoms with E-state index in [9.17, 15) is 14.4 Å². The Morgan fingerprint density at radius 2 is 2.03 bits per heavy atom. The lowest BCUT2D eigenvalue weighted by atomic mass is 10.00. The van der Waals surface area contributed by atoms with Gasteiger partial charge in [-0.15, -0.1) is 6.58 Å². The number of fused-ring (bicyclic) bond motifs is 3. The van der Waals surface area contributed by atoms with Crippen molar-refractivity contribution >= 4 is 29.3 Å². The van der Waals surface area contributed by atoms with Gasteiger partial charge in [0.05, 0.1) is 16.8 Å². The molecule has 0 saturated carbocycles. The van der Waals surface area contributed by atoms with Gasteiger partial charge >= 0.3 is 17.2 Å². The average Bonchev–Trinajstić information content (AvgIpc) is 2.77. The normalized spacial score (nSPS) is 14.3. The highest BCUT2D eigenvalue weighted by molar-refractivity contribution is 7.99. The topological polar surface area (TPSA) is 96.2 Å². The minimum absolute atomic E-state index is 0.247. The number of anilines is 1. The van der Waals surface area contributed by atoms with Crippen LogP contribution in [0.1, 0.15) is 31.1 Å². The molecule has 0 bridgehead atoms. The van der Waals surface area contributed by atoms with Gasteiger partial charge in [0.1, 0.15) is 5.75 Å². The molecular weight excluding hydrogens is 440 g/mol. The van der Waals surface area contributed by atoms with Gasteiger partial charge in [0.25, 0.3) is 6.17 Å². The second-order valence-electron chi connectivity index (χ2n) is 7.57. The van der Waals surface area contributed by atoms with Crippen molar-refractivity contribution in [1.29, 1.82) is 0 Å². The molecule has 1 amide bonds. The van der Waals surface area contributed by atoms with Crippen LogP contribution >= 0.6 is 11.8 Å². The first-order valence-electron chi connectivity index (χ1n) is 10.3. The van der Waals surface area contributed by atoms with Crippen LogP contribution in [-0.2, 0) is 9.59 Å². The molecule has 1 aliphatic rings. The van der Waals surface area contributed by atoms with Gasteiger partial charge < -0.3 is 4.74 Å². The Labute approximate surface area is 194 Å². The summed E-state index contributed by atoms with van der Waals surface area (Å²) in [5.41, 5.74) is 2.57. The van der Waals surface area contributed by atoms with E-state index in [0.29, 0.717) is 39.2 Å². The minimum atomic E-state index is -0.841. The van der Waals surface area contributed by atoms with Crippen LogP contribution in [0.25, 0.3) is 11.3 Å². The molecule has 168 valence electrons. The Kier molecular flexibility index (Phi) is 6.15. The molecule has 1 atom stereocenters. The van der Waals surface area contributed by atoms with Crippen molar-refractivity contribution in [3.8, 4) is 17.0 Å². The summed E-state index contributed by atoms with van der Waals surface area (Å²) in [5.74, 6) is 0.105. The van der Waals surface area contributed by atoms with E-state index < -0.39 is 12.1 Å². The molecule has 8 nitrogen and oxygen atoms in total. The number of nitrogens with one attached hydrogen (secondary N) is 1. The fourth-order valence-electron chi connectivity index (χ4n) is 3.91. The van der Waals surface area contributed by atoms with Crippen molar-refractivity contribution in [2.75, 3.05) is 10.7 Å². The highest BCUT2D eigenvalue weighted by atomic mass is 32.2. The summed E-state index contributed by atoms with van der Waals surface area (Å²) in [7, 11) is 0. The van der Waals surface area contributed by atoms with Crippen LogP contribution in [0, 0.1) is 6.92 Å². The highest BCUT2D eigenvalue weighted by Gasteiger charge is 2.46. The number of aryl methyl sites for hydroxylation is 1. The number of hydrogen-bond acceptors (Lipinski definition) is 6. The van der Waals surface area contributed by atoms with Crippen molar-refractivity contribution in [3.63, 3.8) is 0 Å². The van der Waals surface area contributed by atoms with Crippen LogP contribution in [0.15, 0.2) is 65.1 Å². The number of amides is 1. The zero-order valence-corrected chi connectivity index (χ0v) is 19.3. The predicted octanol–water partition coefficient (Wildman–Crippen LogP) is 3.15. The Morgan fingerprint density at radius 3 is 2.73 bits per heavy atom. The van der Waals surface area contributed by atoms with Gasteiger partial charge in [-0.25, -0.2) is 4.90 Å². The molecule has 2 aromatic carbocycles. The fourth-order valence-corrected chi connectivity index (χ4v) is 4.50. The molecule has 33 heavy (non-hydrogen) atoms. The van der Waals surface area contributed by atoms with Crippen molar-refractivity contribution in [3.05, 3.63) is 76.6 Å². The smallest absolute Gasteiger partial charge is 0.325 e. The molecule has 1 aromatic heterocycles. The van der Waals surface area contributed by atoms with Crippen molar-refractivity contribution in [2.45, 2.75) is 32.1 Å². The van der Waals surface area contributed by atoms with Gasteiger partial charge in [-0.2, -0.15) is 0 Å². The molecule has 1 aliphatic heterocycles. The third-order valence-electron chi connectivity index (χ3n) is 5.13. The maximum atomic E-state index is 13.2. The molecule has 0 fully saturated rings. The number of benzene rings is 2. The first kappa shape index (κ1) is 22.5. The summed E-state index contributed by atoms with van der Waals surface area (Å²) < 4.78 is 7.03. The lowest BCUT2D eigenvalue weighted by Gasteiger charge is -2.32.